The zero-order chi connectivity index (χ0) is 7.56. The summed E-state index contributed by atoms with van der Waals surface area (Å²) in [4.78, 5) is 11.4. The van der Waals surface area contributed by atoms with Crippen LogP contribution in [0.5, 0.6) is 0 Å². The minimum Gasteiger partial charge on any atom is -0.456 e. The molecule has 0 spiro atoms. The van der Waals surface area contributed by atoms with Gasteiger partial charge in [-0.1, -0.05) is 0 Å². The largest absolute Gasteiger partial charge is 0.456 e. The molecule has 0 aromatic carbocycles. The number of hydrogen-bond donors (Lipinski definition) is 0. The fourth-order valence-corrected chi connectivity index (χ4v) is 1.17. The van der Waals surface area contributed by atoms with Crippen molar-refractivity contribution in [2.45, 2.75) is 0 Å². The van der Waals surface area contributed by atoms with Gasteiger partial charge >= 0.3 is 5.97 Å². The summed E-state index contributed by atoms with van der Waals surface area (Å²) in [5.41, 5.74) is 0.160. The summed E-state index contributed by atoms with van der Waals surface area (Å²) < 4.78 is 4.60. The third-order valence-corrected chi connectivity index (χ3v) is 1.99. The zero-order valence-electron chi connectivity index (χ0n) is 5.38. The second kappa shape index (κ2) is 2.76. The molecular weight excluding hydrogens is 150 g/mol. The topological polar surface area (TPSA) is 50.1 Å². The van der Waals surface area contributed by atoms with Gasteiger partial charge in [0.1, 0.15) is 18.2 Å². The highest BCUT2D eigenvalue weighted by atomic mass is 32.2. The maximum absolute atomic E-state index is 10.7. The third-order valence-electron chi connectivity index (χ3n) is 1.18. The number of hydrogen-bond acceptors (Lipinski definition) is 4. The molecular formula is C6H5NO2S. The smallest absolute Gasteiger partial charge is 0.350 e. The Morgan fingerprint density at radius 1 is 1.80 bits per heavy atom. The first-order chi connectivity index (χ1) is 4.79. The van der Waals surface area contributed by atoms with Crippen molar-refractivity contribution in [1.29, 1.82) is 5.26 Å². The summed E-state index contributed by atoms with van der Waals surface area (Å²) in [5, 5.41) is 8.42. The Balaban J connectivity index is 2.95. The van der Waals surface area contributed by atoms with Crippen LogP contribution >= 0.6 is 11.8 Å². The number of esters is 1. The highest BCUT2D eigenvalue weighted by molar-refractivity contribution is 8.02. The minimum absolute atomic E-state index is 0.160. The fourth-order valence-electron chi connectivity index (χ4n) is 0.658. The summed E-state index contributed by atoms with van der Waals surface area (Å²) >= 11 is 1.38. The molecule has 0 aromatic rings. The first-order valence-electron chi connectivity index (χ1n) is 2.64. The number of nitriles is 1. The average molecular weight is 155 g/mol. The van der Waals surface area contributed by atoms with Gasteiger partial charge in [-0.3, -0.25) is 0 Å². The van der Waals surface area contributed by atoms with E-state index in [1.807, 2.05) is 6.26 Å². The average Bonchev–Trinajstić information content (AvgIpc) is 2.30. The number of carbonyl (C=O) groups excluding carboxylic acids is 1. The van der Waals surface area contributed by atoms with Crippen LogP contribution < -0.4 is 0 Å². The molecule has 1 rings (SSSR count). The summed E-state index contributed by atoms with van der Waals surface area (Å²) in [6, 6.07) is 1.80. The molecule has 0 saturated carbocycles. The van der Waals surface area contributed by atoms with Crippen molar-refractivity contribution >= 4 is 17.7 Å². The van der Waals surface area contributed by atoms with Crippen molar-refractivity contribution in [1.82, 2.24) is 0 Å². The van der Waals surface area contributed by atoms with Gasteiger partial charge in [-0.05, 0) is 6.26 Å². The van der Waals surface area contributed by atoms with Gasteiger partial charge < -0.3 is 4.74 Å². The molecule has 10 heavy (non-hydrogen) atoms. The lowest BCUT2D eigenvalue weighted by molar-refractivity contribution is -0.135. The van der Waals surface area contributed by atoms with Crippen molar-refractivity contribution in [2.75, 3.05) is 12.9 Å². The van der Waals surface area contributed by atoms with Crippen molar-refractivity contribution in [3.05, 3.63) is 10.5 Å². The number of rotatable bonds is 1. The van der Waals surface area contributed by atoms with Gasteiger partial charge in [0.05, 0.1) is 0 Å². The number of carbonyl (C=O) groups is 1. The van der Waals surface area contributed by atoms with Gasteiger partial charge in [0.2, 0.25) is 0 Å². The molecule has 0 aromatic heterocycles. The molecule has 3 nitrogen and oxygen atoms in total. The van der Waals surface area contributed by atoms with Crippen LogP contribution in [0.15, 0.2) is 10.5 Å². The van der Waals surface area contributed by atoms with Crippen LogP contribution in [0.2, 0.25) is 0 Å². The molecule has 0 bridgehead atoms. The molecule has 0 aliphatic carbocycles. The molecule has 1 aliphatic rings. The standard InChI is InChI=1S/C6H5NO2S/c1-10-5-3-9-6(8)4(5)2-7/h3H2,1H3. The van der Waals surface area contributed by atoms with Gasteiger partial charge in [-0.15, -0.1) is 11.8 Å². The molecule has 0 amide bonds. The van der Waals surface area contributed by atoms with Gasteiger partial charge in [0.15, 0.2) is 0 Å². The second-order valence-electron chi connectivity index (χ2n) is 1.69. The van der Waals surface area contributed by atoms with Crippen LogP contribution in [0.3, 0.4) is 0 Å². The first kappa shape index (κ1) is 7.16. The number of ether oxygens (including phenoxy) is 1. The van der Waals surface area contributed by atoms with E-state index in [2.05, 4.69) is 4.74 Å². The Hall–Kier alpha value is -0.950. The van der Waals surface area contributed by atoms with Crippen LogP contribution in [0, 0.1) is 11.3 Å². The van der Waals surface area contributed by atoms with E-state index in [4.69, 9.17) is 5.26 Å². The van der Waals surface area contributed by atoms with E-state index in [-0.39, 0.29) is 12.2 Å². The van der Waals surface area contributed by atoms with Gasteiger partial charge in [-0.25, -0.2) is 4.79 Å². The van der Waals surface area contributed by atoms with Crippen molar-refractivity contribution in [3.8, 4) is 6.07 Å². The fraction of sp³-hybridized carbons (Fsp3) is 0.333. The van der Waals surface area contributed by atoms with Crippen LogP contribution in [-0.2, 0) is 9.53 Å². The normalized spacial score (nSPS) is 17.0. The molecule has 4 heteroatoms. The lowest BCUT2D eigenvalue weighted by atomic mass is 10.3. The van der Waals surface area contributed by atoms with E-state index < -0.39 is 5.97 Å². The van der Waals surface area contributed by atoms with E-state index in [0.717, 1.165) is 4.91 Å². The number of thioether (sulfide) groups is 1. The highest BCUT2D eigenvalue weighted by Gasteiger charge is 2.23. The van der Waals surface area contributed by atoms with Crippen LogP contribution in [0.4, 0.5) is 0 Å². The Bertz CT molecular complexity index is 239. The molecule has 0 radical (unpaired) electrons. The summed E-state index contributed by atoms with van der Waals surface area (Å²) in [7, 11) is 0. The molecule has 1 aliphatic heterocycles. The summed E-state index contributed by atoms with van der Waals surface area (Å²) in [6.45, 7) is 0.267. The van der Waals surface area contributed by atoms with Crippen molar-refractivity contribution in [2.24, 2.45) is 0 Å². The SMILES string of the molecule is CSC1=C(C#N)C(=O)OC1. The molecule has 0 N–H and O–H groups in total. The molecule has 0 unspecified atom stereocenters. The monoisotopic (exact) mass is 155 g/mol. The molecule has 52 valence electrons. The van der Waals surface area contributed by atoms with Gasteiger partial charge in [0, 0.05) is 4.91 Å². The Kier molecular flexibility index (Phi) is 1.97. The van der Waals surface area contributed by atoms with E-state index in [9.17, 15) is 4.79 Å². The minimum atomic E-state index is -0.494. The number of cyclic esters (lactones) is 1. The van der Waals surface area contributed by atoms with E-state index in [1.165, 1.54) is 11.8 Å². The van der Waals surface area contributed by atoms with Gasteiger partial charge in [-0.2, -0.15) is 5.26 Å². The molecule has 0 saturated heterocycles. The van der Waals surface area contributed by atoms with Crippen LogP contribution in [0.1, 0.15) is 0 Å². The quantitative estimate of drug-likeness (QED) is 0.522. The maximum atomic E-state index is 10.7. The second-order valence-corrected chi connectivity index (χ2v) is 2.59. The first-order valence-corrected chi connectivity index (χ1v) is 3.86. The van der Waals surface area contributed by atoms with Crippen molar-refractivity contribution in [3.63, 3.8) is 0 Å². The number of nitrogens with zero attached hydrogens (tertiary/aromatic N) is 1. The summed E-state index contributed by atoms with van der Waals surface area (Å²) in [6.07, 6.45) is 1.81. The zero-order valence-corrected chi connectivity index (χ0v) is 6.20. The van der Waals surface area contributed by atoms with E-state index in [1.54, 1.807) is 6.07 Å². The third kappa shape index (κ3) is 1.00. The molecule has 1 heterocycles. The Morgan fingerprint density at radius 2 is 2.50 bits per heavy atom. The lowest BCUT2D eigenvalue weighted by Gasteiger charge is -1.89. The van der Waals surface area contributed by atoms with Crippen molar-refractivity contribution < 1.29 is 9.53 Å². The predicted octanol–water partition coefficient (Wildman–Crippen LogP) is 0.684. The van der Waals surface area contributed by atoms with E-state index >= 15 is 0 Å². The Morgan fingerprint density at radius 3 is 2.90 bits per heavy atom. The van der Waals surface area contributed by atoms with Crippen LogP contribution in [-0.4, -0.2) is 18.8 Å². The predicted molar refractivity (Wildman–Crippen MR) is 37.1 cm³/mol. The maximum Gasteiger partial charge on any atom is 0.350 e. The van der Waals surface area contributed by atoms with E-state index in [0.29, 0.717) is 0 Å². The molecule has 0 atom stereocenters. The highest BCUT2D eigenvalue weighted by Crippen LogP contribution is 2.23. The lowest BCUT2D eigenvalue weighted by Crippen LogP contribution is -1.96. The Labute approximate surface area is 62.7 Å². The molecule has 0 fully saturated rings. The van der Waals surface area contributed by atoms with Gasteiger partial charge in [0.25, 0.3) is 0 Å². The van der Waals surface area contributed by atoms with Crippen LogP contribution in [0.25, 0.3) is 0 Å². The summed E-state index contributed by atoms with van der Waals surface area (Å²) in [5.74, 6) is -0.494.